The molecule has 0 aliphatic carbocycles. The van der Waals surface area contributed by atoms with Gasteiger partial charge in [-0.2, -0.15) is 4.80 Å². The Morgan fingerprint density at radius 3 is 2.75 bits per heavy atom. The zero-order valence-corrected chi connectivity index (χ0v) is 10.7. The second-order valence-corrected chi connectivity index (χ2v) is 3.80. The van der Waals surface area contributed by atoms with Gasteiger partial charge in [0, 0.05) is 18.7 Å². The molecular weight excluding hydrogens is 266 g/mol. The number of amides is 1. The fourth-order valence-corrected chi connectivity index (χ4v) is 1.54. The quantitative estimate of drug-likeness (QED) is 0.611. The number of anilines is 2. The van der Waals surface area contributed by atoms with Crippen molar-refractivity contribution < 1.29 is 9.72 Å². The normalized spacial score (nSPS) is 10.1. The topological polar surface area (TPSA) is 128 Å². The minimum atomic E-state index is -0.566. The lowest BCUT2D eigenvalue weighted by molar-refractivity contribution is -0.384. The maximum absolute atomic E-state index is 11.9. The van der Waals surface area contributed by atoms with Gasteiger partial charge in [0.2, 0.25) is 0 Å². The minimum Gasteiger partial charge on any atom is -0.383 e. The fourth-order valence-electron chi connectivity index (χ4n) is 1.54. The van der Waals surface area contributed by atoms with E-state index in [1.54, 1.807) is 14.1 Å². The van der Waals surface area contributed by atoms with E-state index in [1.165, 1.54) is 23.0 Å². The lowest BCUT2D eigenvalue weighted by Crippen LogP contribution is -2.13. The molecule has 0 bridgehead atoms. The molecule has 10 heteroatoms. The number of nitrogens with zero attached hydrogens (tertiary/aromatic N) is 5. The minimum absolute atomic E-state index is 0.0258. The number of benzene rings is 1. The molecule has 0 fully saturated rings. The Kier molecular flexibility index (Phi) is 3.55. The van der Waals surface area contributed by atoms with Crippen LogP contribution in [0.2, 0.25) is 0 Å². The number of nitrogens with one attached hydrogen (secondary N) is 2. The summed E-state index contributed by atoms with van der Waals surface area (Å²) in [7, 11) is 3.11. The molecule has 20 heavy (non-hydrogen) atoms. The first-order chi connectivity index (χ1) is 9.51. The highest BCUT2D eigenvalue weighted by Gasteiger charge is 2.17. The van der Waals surface area contributed by atoms with Crippen molar-refractivity contribution in [1.82, 2.24) is 20.2 Å². The smallest absolute Gasteiger partial charge is 0.293 e. The Morgan fingerprint density at radius 2 is 2.20 bits per heavy atom. The van der Waals surface area contributed by atoms with Crippen molar-refractivity contribution in [3.63, 3.8) is 0 Å². The maximum Gasteiger partial charge on any atom is 0.293 e. The number of hydrogen-bond acceptors (Lipinski definition) is 7. The summed E-state index contributed by atoms with van der Waals surface area (Å²) in [4.78, 5) is 23.5. The molecule has 2 aromatic rings. The number of tetrazole rings is 1. The van der Waals surface area contributed by atoms with Gasteiger partial charge in [0.1, 0.15) is 5.69 Å². The summed E-state index contributed by atoms with van der Waals surface area (Å²) >= 11 is 0. The van der Waals surface area contributed by atoms with Gasteiger partial charge < -0.3 is 5.32 Å². The van der Waals surface area contributed by atoms with Crippen LogP contribution in [0.4, 0.5) is 17.3 Å². The van der Waals surface area contributed by atoms with Gasteiger partial charge in [0.05, 0.1) is 12.0 Å². The average molecular weight is 277 g/mol. The third-order valence-corrected chi connectivity index (χ3v) is 2.46. The van der Waals surface area contributed by atoms with E-state index >= 15 is 0 Å². The van der Waals surface area contributed by atoms with E-state index in [2.05, 4.69) is 26.0 Å². The number of nitro benzene ring substituents is 1. The van der Waals surface area contributed by atoms with E-state index in [0.29, 0.717) is 5.69 Å². The van der Waals surface area contributed by atoms with Crippen molar-refractivity contribution in [3.8, 4) is 0 Å². The maximum atomic E-state index is 11.9. The second-order valence-electron chi connectivity index (χ2n) is 3.80. The molecule has 0 radical (unpaired) electrons. The lowest BCUT2D eigenvalue weighted by Gasteiger charge is -2.04. The summed E-state index contributed by atoms with van der Waals surface area (Å²) in [5.41, 5.74) is 0.264. The van der Waals surface area contributed by atoms with E-state index in [1.807, 2.05) is 0 Å². The number of hydrogen-bond donors (Lipinski definition) is 2. The van der Waals surface area contributed by atoms with Crippen LogP contribution in [-0.4, -0.2) is 38.1 Å². The van der Waals surface area contributed by atoms with Crippen LogP contribution in [-0.2, 0) is 7.05 Å². The molecule has 1 amide bonds. The molecular formula is C10H11N7O3. The highest BCUT2D eigenvalue weighted by atomic mass is 16.6. The average Bonchev–Trinajstić information content (AvgIpc) is 2.83. The summed E-state index contributed by atoms with van der Waals surface area (Å²) in [6, 6.07) is 4.10. The Balaban J connectivity index is 2.26. The molecule has 0 aliphatic rings. The van der Waals surface area contributed by atoms with Gasteiger partial charge in [-0.05, 0) is 17.3 Å². The lowest BCUT2D eigenvalue weighted by atomic mass is 10.1. The van der Waals surface area contributed by atoms with Crippen molar-refractivity contribution in [2.24, 2.45) is 7.05 Å². The van der Waals surface area contributed by atoms with Gasteiger partial charge >= 0.3 is 0 Å². The van der Waals surface area contributed by atoms with E-state index in [0.717, 1.165) is 0 Å². The third-order valence-electron chi connectivity index (χ3n) is 2.46. The number of nitro groups is 1. The predicted octanol–water partition coefficient (Wildman–Crippen LogP) is 0.412. The highest BCUT2D eigenvalue weighted by molar-refractivity contribution is 6.04. The van der Waals surface area contributed by atoms with Gasteiger partial charge in [-0.1, -0.05) is 5.10 Å². The van der Waals surface area contributed by atoms with Crippen LogP contribution in [0.15, 0.2) is 18.2 Å². The number of aromatic nitrogens is 4. The molecule has 0 unspecified atom stereocenters. The molecule has 104 valence electrons. The first-order valence-corrected chi connectivity index (χ1v) is 5.53. The summed E-state index contributed by atoms with van der Waals surface area (Å²) in [5, 5.41) is 26.9. The van der Waals surface area contributed by atoms with Crippen molar-refractivity contribution in [3.05, 3.63) is 33.9 Å². The zero-order valence-electron chi connectivity index (χ0n) is 10.7. The standard InChI is InChI=1S/C10H11N7O3/c1-11-7-4-3-6(5-8(7)17(19)20)9(18)12-10-13-15-16(2)14-10/h3-5,11H,1-2H3,(H,12,14,18). The van der Waals surface area contributed by atoms with Gasteiger partial charge in [0.15, 0.2) is 0 Å². The first kappa shape index (κ1) is 13.4. The van der Waals surface area contributed by atoms with Crippen LogP contribution in [0, 0.1) is 10.1 Å². The molecule has 0 atom stereocenters. The molecule has 2 rings (SSSR count). The van der Waals surface area contributed by atoms with Crippen molar-refractivity contribution >= 4 is 23.2 Å². The van der Waals surface area contributed by atoms with Crippen LogP contribution in [0.3, 0.4) is 0 Å². The number of rotatable bonds is 4. The number of aryl methyl sites for hydroxylation is 1. The molecule has 1 aromatic heterocycles. The number of carbonyl (C=O) groups is 1. The van der Waals surface area contributed by atoms with Gasteiger partial charge in [-0.25, -0.2) is 0 Å². The molecule has 0 spiro atoms. The van der Waals surface area contributed by atoms with Crippen molar-refractivity contribution in [2.45, 2.75) is 0 Å². The van der Waals surface area contributed by atoms with Crippen LogP contribution in [0.5, 0.6) is 0 Å². The van der Waals surface area contributed by atoms with Crippen LogP contribution < -0.4 is 10.6 Å². The molecule has 10 nitrogen and oxygen atoms in total. The molecule has 2 N–H and O–H groups in total. The Labute approximate surface area is 112 Å². The van der Waals surface area contributed by atoms with Crippen LogP contribution >= 0.6 is 0 Å². The monoisotopic (exact) mass is 277 g/mol. The number of carbonyl (C=O) groups excluding carboxylic acids is 1. The fraction of sp³-hybridized carbons (Fsp3) is 0.200. The largest absolute Gasteiger partial charge is 0.383 e. The van der Waals surface area contributed by atoms with Crippen molar-refractivity contribution in [1.29, 1.82) is 0 Å². The molecule has 1 heterocycles. The third kappa shape index (κ3) is 2.68. The Bertz CT molecular complexity index is 667. The van der Waals surface area contributed by atoms with E-state index in [4.69, 9.17) is 0 Å². The molecule has 1 aromatic carbocycles. The van der Waals surface area contributed by atoms with Gasteiger partial charge in [-0.3, -0.25) is 20.2 Å². The van der Waals surface area contributed by atoms with Gasteiger partial charge in [0.25, 0.3) is 17.5 Å². The highest BCUT2D eigenvalue weighted by Crippen LogP contribution is 2.25. The first-order valence-electron chi connectivity index (χ1n) is 5.53. The molecule has 0 aliphatic heterocycles. The van der Waals surface area contributed by atoms with E-state index < -0.39 is 10.8 Å². The molecule has 0 saturated heterocycles. The van der Waals surface area contributed by atoms with E-state index in [9.17, 15) is 14.9 Å². The Hall–Kier alpha value is -3.04. The summed E-state index contributed by atoms with van der Waals surface area (Å²) in [6.07, 6.45) is 0. The van der Waals surface area contributed by atoms with Crippen molar-refractivity contribution in [2.75, 3.05) is 17.7 Å². The summed E-state index contributed by atoms with van der Waals surface area (Å²) in [5.74, 6) is -0.526. The van der Waals surface area contributed by atoms with Crippen LogP contribution in [0.25, 0.3) is 0 Å². The SMILES string of the molecule is CNc1ccc(C(=O)Nc2nnn(C)n2)cc1[N+](=O)[O-]. The van der Waals surface area contributed by atoms with Gasteiger partial charge in [-0.15, -0.1) is 5.10 Å². The second kappa shape index (κ2) is 5.30. The molecule has 0 saturated carbocycles. The van der Waals surface area contributed by atoms with Crippen LogP contribution in [0.1, 0.15) is 10.4 Å². The Morgan fingerprint density at radius 1 is 1.45 bits per heavy atom. The zero-order chi connectivity index (χ0) is 14.7. The predicted molar refractivity (Wildman–Crippen MR) is 69.4 cm³/mol. The van der Waals surface area contributed by atoms with E-state index in [-0.39, 0.29) is 17.2 Å². The summed E-state index contributed by atoms with van der Waals surface area (Å²) in [6.45, 7) is 0. The summed E-state index contributed by atoms with van der Waals surface area (Å²) < 4.78 is 0.